The summed E-state index contributed by atoms with van der Waals surface area (Å²) in [6, 6.07) is 6.01. The first-order valence-corrected chi connectivity index (χ1v) is 11.4. The van der Waals surface area contributed by atoms with E-state index in [1.54, 1.807) is 25.6 Å². The van der Waals surface area contributed by atoms with Gasteiger partial charge in [-0.3, -0.25) is 0 Å². The van der Waals surface area contributed by atoms with Crippen molar-refractivity contribution in [1.82, 2.24) is 9.97 Å². The average Bonchev–Trinajstić information content (AvgIpc) is 3.00. The maximum atomic E-state index is 6.36. The molecule has 1 aromatic carbocycles. The number of thiophene rings is 1. The first kappa shape index (κ1) is 22.6. The molecule has 0 spiro atoms. The molecule has 2 aromatic heterocycles. The van der Waals surface area contributed by atoms with Crippen LogP contribution in [0.4, 0.5) is 5.82 Å². The summed E-state index contributed by atoms with van der Waals surface area (Å²) < 4.78 is 11.0. The highest BCUT2D eigenvalue weighted by atomic mass is 35.5. The van der Waals surface area contributed by atoms with Gasteiger partial charge in [-0.15, -0.1) is 11.3 Å². The fraction of sp³-hybridized carbons (Fsp3) is 0.478. The highest BCUT2D eigenvalue weighted by molar-refractivity contribution is 7.19. The monoisotopic (exact) mass is 447 g/mol. The molecule has 5 nitrogen and oxygen atoms in total. The summed E-state index contributed by atoms with van der Waals surface area (Å²) in [7, 11) is 3.30. The van der Waals surface area contributed by atoms with Crippen LogP contribution in [0.3, 0.4) is 0 Å². The van der Waals surface area contributed by atoms with E-state index in [0.717, 1.165) is 40.3 Å². The number of methoxy groups -OCH3 is 2. The number of halogens is 1. The molecule has 2 heterocycles. The Morgan fingerprint density at radius 3 is 2.20 bits per heavy atom. The molecule has 0 fully saturated rings. The number of aryl methyl sites for hydroxylation is 1. The van der Waals surface area contributed by atoms with E-state index in [2.05, 4.69) is 50.6 Å². The number of rotatable bonds is 8. The Kier molecular flexibility index (Phi) is 7.09. The van der Waals surface area contributed by atoms with Crippen LogP contribution in [0.25, 0.3) is 21.3 Å². The zero-order valence-electron chi connectivity index (χ0n) is 18.7. The average molecular weight is 448 g/mol. The molecule has 162 valence electrons. The molecule has 0 unspecified atom stereocenters. The van der Waals surface area contributed by atoms with Crippen molar-refractivity contribution < 1.29 is 9.47 Å². The molecule has 3 rings (SSSR count). The minimum atomic E-state index is 0.287. The van der Waals surface area contributed by atoms with Crippen molar-refractivity contribution in [1.29, 1.82) is 0 Å². The molecule has 0 amide bonds. The first-order chi connectivity index (χ1) is 14.2. The van der Waals surface area contributed by atoms with Crippen molar-refractivity contribution in [2.45, 2.75) is 34.6 Å². The van der Waals surface area contributed by atoms with Crippen molar-refractivity contribution >= 4 is 39.0 Å². The lowest BCUT2D eigenvalue weighted by Gasteiger charge is -2.28. The van der Waals surface area contributed by atoms with Crippen molar-refractivity contribution in [3.8, 4) is 22.6 Å². The summed E-state index contributed by atoms with van der Waals surface area (Å²) in [6.07, 6.45) is 0. The fourth-order valence-electron chi connectivity index (χ4n) is 3.77. The second-order valence-corrected chi connectivity index (χ2v) is 9.83. The molecule has 0 radical (unpaired) electrons. The van der Waals surface area contributed by atoms with Crippen LogP contribution < -0.4 is 14.4 Å². The lowest BCUT2D eigenvalue weighted by molar-refractivity contribution is 0.355. The molecule has 0 saturated carbocycles. The van der Waals surface area contributed by atoms with Gasteiger partial charge in [0.05, 0.1) is 19.6 Å². The second-order valence-electron chi connectivity index (χ2n) is 8.29. The van der Waals surface area contributed by atoms with Gasteiger partial charge < -0.3 is 14.4 Å². The smallest absolute Gasteiger partial charge is 0.225 e. The van der Waals surface area contributed by atoms with Gasteiger partial charge in [0.15, 0.2) is 11.5 Å². The Hall–Kier alpha value is -2.05. The highest BCUT2D eigenvalue weighted by Crippen LogP contribution is 2.44. The van der Waals surface area contributed by atoms with Gasteiger partial charge in [-0.05, 0) is 48.1 Å². The van der Waals surface area contributed by atoms with Gasteiger partial charge >= 0.3 is 0 Å². The lowest BCUT2D eigenvalue weighted by Crippen LogP contribution is -2.32. The molecule has 0 bridgehead atoms. The maximum absolute atomic E-state index is 6.36. The third-order valence-corrected chi connectivity index (χ3v) is 5.99. The van der Waals surface area contributed by atoms with E-state index in [0.29, 0.717) is 23.3 Å². The fourth-order valence-corrected chi connectivity index (χ4v) is 5.02. The molecule has 0 atom stereocenters. The van der Waals surface area contributed by atoms with Crippen molar-refractivity contribution in [2.24, 2.45) is 11.8 Å². The minimum absolute atomic E-state index is 0.287. The Balaban J connectivity index is 2.27. The summed E-state index contributed by atoms with van der Waals surface area (Å²) in [5, 5.41) is 1.34. The van der Waals surface area contributed by atoms with Gasteiger partial charge in [0, 0.05) is 23.5 Å². The molecule has 3 aromatic rings. The molecule has 0 N–H and O–H groups in total. The normalized spacial score (nSPS) is 11.5. The quantitative estimate of drug-likeness (QED) is 0.371. The molecule has 0 aliphatic rings. The van der Waals surface area contributed by atoms with Crippen molar-refractivity contribution in [3.05, 3.63) is 28.4 Å². The van der Waals surface area contributed by atoms with E-state index in [4.69, 9.17) is 26.1 Å². The maximum Gasteiger partial charge on any atom is 0.225 e. The number of nitrogens with zero attached hydrogens (tertiary/aromatic N) is 3. The number of anilines is 1. The molecular formula is C23H30ClN3O2S. The topological polar surface area (TPSA) is 47.5 Å². The molecule has 0 aliphatic carbocycles. The summed E-state index contributed by atoms with van der Waals surface area (Å²) in [4.78, 5) is 13.7. The van der Waals surface area contributed by atoms with Crippen LogP contribution in [0, 0.1) is 18.8 Å². The van der Waals surface area contributed by atoms with E-state index in [-0.39, 0.29) is 5.28 Å². The lowest BCUT2D eigenvalue weighted by atomic mass is 10.0. The predicted octanol–water partition coefficient (Wildman–Crippen LogP) is 6.46. The Bertz CT molecular complexity index is 1020. The largest absolute Gasteiger partial charge is 0.493 e. The third-order valence-electron chi connectivity index (χ3n) is 4.82. The summed E-state index contributed by atoms with van der Waals surface area (Å²) in [6.45, 7) is 12.8. The highest BCUT2D eigenvalue weighted by Gasteiger charge is 2.23. The standard InChI is InChI=1S/C23H30ClN3O2S/c1-13(2)11-27(12-14(3)4)21-20-19(15(5)30-22(20)26-23(24)25-21)16-8-9-17(28-6)18(10-16)29-7/h8-10,13-14H,11-12H2,1-7H3. The van der Waals surface area contributed by atoms with Gasteiger partial charge in [0.1, 0.15) is 10.6 Å². The van der Waals surface area contributed by atoms with Crippen LogP contribution in [-0.4, -0.2) is 37.3 Å². The van der Waals surface area contributed by atoms with Gasteiger partial charge in [-0.2, -0.15) is 4.98 Å². The Labute approximate surface area is 188 Å². The molecule has 7 heteroatoms. The molecule has 0 saturated heterocycles. The van der Waals surface area contributed by atoms with Crippen LogP contribution in [0.1, 0.15) is 32.6 Å². The number of aromatic nitrogens is 2. The molecule has 0 aliphatic heterocycles. The first-order valence-electron chi connectivity index (χ1n) is 10.2. The second kappa shape index (κ2) is 9.40. The van der Waals surface area contributed by atoms with Gasteiger partial charge in [0.2, 0.25) is 5.28 Å². The van der Waals surface area contributed by atoms with Gasteiger partial charge in [0.25, 0.3) is 0 Å². The van der Waals surface area contributed by atoms with Crippen LogP contribution in [0.15, 0.2) is 18.2 Å². The number of benzene rings is 1. The zero-order chi connectivity index (χ0) is 22.0. The molecular weight excluding hydrogens is 418 g/mol. The van der Waals surface area contributed by atoms with Crippen LogP contribution in [0.5, 0.6) is 11.5 Å². The zero-order valence-corrected chi connectivity index (χ0v) is 20.3. The summed E-state index contributed by atoms with van der Waals surface area (Å²) in [5.74, 6) is 3.31. The van der Waals surface area contributed by atoms with Crippen LogP contribution >= 0.6 is 22.9 Å². The minimum Gasteiger partial charge on any atom is -0.493 e. The molecule has 30 heavy (non-hydrogen) atoms. The number of ether oxygens (including phenoxy) is 2. The summed E-state index contributed by atoms with van der Waals surface area (Å²) in [5.41, 5.74) is 2.18. The van der Waals surface area contributed by atoms with E-state index in [1.807, 2.05) is 12.1 Å². The Morgan fingerprint density at radius 1 is 1.00 bits per heavy atom. The summed E-state index contributed by atoms with van der Waals surface area (Å²) >= 11 is 8.00. The Morgan fingerprint density at radius 2 is 1.63 bits per heavy atom. The van der Waals surface area contributed by atoms with E-state index in [1.165, 1.54) is 4.88 Å². The number of hydrogen-bond donors (Lipinski definition) is 0. The number of fused-ring (bicyclic) bond motifs is 1. The van der Waals surface area contributed by atoms with Gasteiger partial charge in [-0.25, -0.2) is 4.98 Å². The van der Waals surface area contributed by atoms with E-state index >= 15 is 0 Å². The van der Waals surface area contributed by atoms with E-state index in [9.17, 15) is 0 Å². The third kappa shape index (κ3) is 4.65. The van der Waals surface area contributed by atoms with Crippen molar-refractivity contribution in [2.75, 3.05) is 32.2 Å². The number of hydrogen-bond acceptors (Lipinski definition) is 6. The van der Waals surface area contributed by atoms with Crippen LogP contribution in [-0.2, 0) is 0 Å². The van der Waals surface area contributed by atoms with E-state index < -0.39 is 0 Å². The predicted molar refractivity (Wildman–Crippen MR) is 128 cm³/mol. The van der Waals surface area contributed by atoms with Crippen molar-refractivity contribution in [3.63, 3.8) is 0 Å². The SMILES string of the molecule is COc1ccc(-c2c(C)sc3nc(Cl)nc(N(CC(C)C)CC(C)C)c23)cc1OC. The van der Waals surface area contributed by atoms with Gasteiger partial charge in [-0.1, -0.05) is 33.8 Å². The van der Waals surface area contributed by atoms with Crippen LogP contribution in [0.2, 0.25) is 5.28 Å².